The molecular formula is C4H8KO2S. The Labute approximate surface area is 92.4 Å². The topological polar surface area (TPSA) is 34.1 Å². The number of hydrogen-bond acceptors (Lipinski definition) is 2. The molecule has 0 amide bonds. The molecule has 0 unspecified atom stereocenters. The Bertz CT molecular complexity index is 137. The summed E-state index contributed by atoms with van der Waals surface area (Å²) >= 11 is 0. The second-order valence-corrected chi connectivity index (χ2v) is 4.16. The van der Waals surface area contributed by atoms with Crippen molar-refractivity contribution in [3.8, 4) is 0 Å². The molecule has 4 heteroatoms. The van der Waals surface area contributed by atoms with E-state index in [1.165, 1.54) is 0 Å². The fourth-order valence-electron chi connectivity index (χ4n) is 0.746. The number of sulfone groups is 1. The summed E-state index contributed by atoms with van der Waals surface area (Å²) in [5.74, 6) is 0.847. The molecule has 0 spiro atoms. The first-order valence-electron chi connectivity index (χ1n) is 2.41. The summed E-state index contributed by atoms with van der Waals surface area (Å²) in [7, 11) is -2.55. The number of rotatable bonds is 0. The van der Waals surface area contributed by atoms with Crippen LogP contribution in [0.3, 0.4) is 0 Å². The van der Waals surface area contributed by atoms with Crippen molar-refractivity contribution >= 4 is 61.2 Å². The van der Waals surface area contributed by atoms with Gasteiger partial charge in [0.05, 0.1) is 11.5 Å². The fraction of sp³-hybridized carbons (Fsp3) is 1.00. The molecule has 1 aliphatic heterocycles. The van der Waals surface area contributed by atoms with E-state index in [-0.39, 0.29) is 51.4 Å². The van der Waals surface area contributed by atoms with Crippen LogP contribution < -0.4 is 0 Å². The van der Waals surface area contributed by atoms with Gasteiger partial charge in [-0.15, -0.1) is 0 Å². The van der Waals surface area contributed by atoms with Gasteiger partial charge in [0, 0.05) is 51.4 Å². The standard InChI is InChI=1S/C4H8O2S.K/c5-7(6)3-1-2-4-7;/h1-4H2;. The van der Waals surface area contributed by atoms with Crippen molar-refractivity contribution in [2.75, 3.05) is 11.5 Å². The summed E-state index contributed by atoms with van der Waals surface area (Å²) in [6.07, 6.45) is 1.75. The molecule has 8 heavy (non-hydrogen) atoms. The van der Waals surface area contributed by atoms with Gasteiger partial charge in [0.2, 0.25) is 0 Å². The van der Waals surface area contributed by atoms with Crippen molar-refractivity contribution < 1.29 is 8.42 Å². The van der Waals surface area contributed by atoms with E-state index in [0.29, 0.717) is 11.5 Å². The molecule has 1 aliphatic rings. The Morgan fingerprint density at radius 2 is 1.38 bits per heavy atom. The first kappa shape index (κ1) is 9.59. The summed E-state index contributed by atoms with van der Waals surface area (Å²) in [4.78, 5) is 0. The minimum Gasteiger partial charge on any atom is -0.229 e. The molecule has 0 atom stereocenters. The van der Waals surface area contributed by atoms with Gasteiger partial charge >= 0.3 is 0 Å². The van der Waals surface area contributed by atoms with Gasteiger partial charge in [0.25, 0.3) is 0 Å². The molecule has 1 radical (unpaired) electrons. The minimum atomic E-state index is -2.55. The Morgan fingerprint density at radius 3 is 1.50 bits per heavy atom. The SMILES string of the molecule is O=S1(=O)CCCC1.[K]. The second kappa shape index (κ2) is 3.68. The van der Waals surface area contributed by atoms with Crippen LogP contribution in [0.4, 0.5) is 0 Å². The smallest absolute Gasteiger partial charge is 0.150 e. The van der Waals surface area contributed by atoms with E-state index in [4.69, 9.17) is 0 Å². The maximum absolute atomic E-state index is 10.4. The van der Waals surface area contributed by atoms with Crippen LogP contribution in [0.1, 0.15) is 12.8 Å². The van der Waals surface area contributed by atoms with Gasteiger partial charge in [-0.2, -0.15) is 0 Å². The molecule has 1 rings (SSSR count). The van der Waals surface area contributed by atoms with Crippen LogP contribution in [0, 0.1) is 0 Å². The van der Waals surface area contributed by atoms with Gasteiger partial charge in [0.1, 0.15) is 9.84 Å². The third kappa shape index (κ3) is 2.94. The van der Waals surface area contributed by atoms with E-state index in [2.05, 4.69) is 0 Å². The van der Waals surface area contributed by atoms with Crippen molar-refractivity contribution in [1.29, 1.82) is 0 Å². The zero-order valence-electron chi connectivity index (χ0n) is 5.05. The predicted octanol–water partition coefficient (Wildman–Crippen LogP) is -0.186. The van der Waals surface area contributed by atoms with E-state index < -0.39 is 9.84 Å². The van der Waals surface area contributed by atoms with Gasteiger partial charge in [-0.25, -0.2) is 8.42 Å². The molecule has 1 fully saturated rings. The third-order valence-electron chi connectivity index (χ3n) is 1.16. The average Bonchev–Trinajstić information content (AvgIpc) is 1.84. The van der Waals surface area contributed by atoms with E-state index in [9.17, 15) is 8.42 Å². The normalized spacial score (nSPS) is 24.5. The minimum absolute atomic E-state index is 0. The van der Waals surface area contributed by atoms with Crippen LogP contribution in [0.2, 0.25) is 0 Å². The van der Waals surface area contributed by atoms with Gasteiger partial charge < -0.3 is 0 Å². The van der Waals surface area contributed by atoms with Gasteiger partial charge in [-0.1, -0.05) is 0 Å². The van der Waals surface area contributed by atoms with Crippen LogP contribution in [-0.4, -0.2) is 71.3 Å². The van der Waals surface area contributed by atoms with Crippen LogP contribution in [0.15, 0.2) is 0 Å². The molecular weight excluding hydrogens is 151 g/mol. The molecule has 43 valence electrons. The van der Waals surface area contributed by atoms with Crippen molar-refractivity contribution in [3.05, 3.63) is 0 Å². The molecule has 0 saturated carbocycles. The fourth-order valence-corrected chi connectivity index (χ4v) is 2.24. The first-order valence-corrected chi connectivity index (χ1v) is 4.23. The zero-order chi connectivity index (χ0) is 5.33. The zero-order valence-corrected chi connectivity index (χ0v) is 8.99. The Kier molecular flexibility index (Phi) is 4.41. The predicted molar refractivity (Wildman–Crippen MR) is 33.6 cm³/mol. The molecule has 0 aliphatic carbocycles. The summed E-state index contributed by atoms with van der Waals surface area (Å²) in [6, 6.07) is 0. The van der Waals surface area contributed by atoms with Crippen molar-refractivity contribution in [1.82, 2.24) is 0 Å². The van der Waals surface area contributed by atoms with Crippen molar-refractivity contribution in [2.45, 2.75) is 12.8 Å². The van der Waals surface area contributed by atoms with Crippen LogP contribution in [-0.2, 0) is 9.84 Å². The first-order chi connectivity index (χ1) is 3.21. The monoisotopic (exact) mass is 159 g/mol. The summed E-state index contributed by atoms with van der Waals surface area (Å²) in [6.45, 7) is 0. The summed E-state index contributed by atoms with van der Waals surface area (Å²) in [5, 5.41) is 0. The third-order valence-corrected chi connectivity index (χ3v) is 2.98. The van der Waals surface area contributed by atoms with E-state index in [1.54, 1.807) is 0 Å². The van der Waals surface area contributed by atoms with E-state index >= 15 is 0 Å². The molecule has 0 bridgehead atoms. The van der Waals surface area contributed by atoms with Crippen molar-refractivity contribution in [2.24, 2.45) is 0 Å². The molecule has 1 heterocycles. The molecule has 0 aromatic carbocycles. The van der Waals surface area contributed by atoms with Crippen LogP contribution in [0.25, 0.3) is 0 Å². The summed E-state index contributed by atoms with van der Waals surface area (Å²) < 4.78 is 20.9. The maximum Gasteiger partial charge on any atom is 0.150 e. The second-order valence-electron chi connectivity index (χ2n) is 1.86. The van der Waals surface area contributed by atoms with E-state index in [1.807, 2.05) is 0 Å². The Morgan fingerprint density at radius 1 is 1.00 bits per heavy atom. The summed E-state index contributed by atoms with van der Waals surface area (Å²) in [5.41, 5.74) is 0. The molecule has 2 nitrogen and oxygen atoms in total. The van der Waals surface area contributed by atoms with Gasteiger partial charge in [-0.3, -0.25) is 0 Å². The maximum atomic E-state index is 10.4. The molecule has 0 N–H and O–H groups in total. The molecule has 1 saturated heterocycles. The van der Waals surface area contributed by atoms with Gasteiger partial charge in [0.15, 0.2) is 0 Å². The van der Waals surface area contributed by atoms with Crippen molar-refractivity contribution in [3.63, 3.8) is 0 Å². The van der Waals surface area contributed by atoms with Crippen LogP contribution >= 0.6 is 0 Å². The Hall–Kier alpha value is 1.59. The quantitative estimate of drug-likeness (QED) is 0.459. The Balaban J connectivity index is 0.000000490. The average molecular weight is 159 g/mol. The van der Waals surface area contributed by atoms with Gasteiger partial charge in [-0.05, 0) is 12.8 Å². The molecule has 0 aromatic rings. The largest absolute Gasteiger partial charge is 0.229 e. The van der Waals surface area contributed by atoms with E-state index in [0.717, 1.165) is 12.8 Å². The molecule has 0 aromatic heterocycles. The van der Waals surface area contributed by atoms with Crippen LogP contribution in [0.5, 0.6) is 0 Å². The number of hydrogen-bond donors (Lipinski definition) is 0.